The molecule has 0 saturated heterocycles. The lowest BCUT2D eigenvalue weighted by atomic mass is 9.70. The normalized spacial score (nSPS) is 13.4. The smallest absolute Gasteiger partial charge is 0.179 e. The van der Waals surface area contributed by atoms with Crippen molar-refractivity contribution >= 4 is 21.8 Å². The third-order valence-corrected chi connectivity index (χ3v) is 21.3. The van der Waals surface area contributed by atoms with Crippen LogP contribution in [0.4, 0.5) is 0 Å². The van der Waals surface area contributed by atoms with Gasteiger partial charge in [-0.15, -0.1) is 0 Å². The molecule has 4 heteroatoms. The van der Waals surface area contributed by atoms with Crippen LogP contribution in [0.15, 0.2) is 170 Å². The summed E-state index contributed by atoms with van der Waals surface area (Å²) in [5, 5.41) is 2.14. The standard InChI is InChI=1S/C88H102N4/c1-7-11-15-19-23-27-53-87(54-28-24-20-16-12-8-2)77-58-64(6)35-48-73(77)75-50-45-71(60-79(75)87)82-62-83(92-86(91-82)81-52-47-69-43-42-68-32-31-57-89-84(68)85(69)90-81)72-46-51-76-74-49-44-70(67-40-38-66(39-41-67)65-36-33-63(5)34-37-65)59-78(74)88(80(76)61-72,55-29-25-21-17-13-9-3)56-30-26-22-18-14-10-4/h31-52,57-62H,7-30,53-56H2,1-6H3. The Morgan fingerprint density at radius 3 is 1.12 bits per heavy atom. The van der Waals surface area contributed by atoms with Gasteiger partial charge in [0.05, 0.1) is 22.4 Å². The molecular weight excluding hydrogens is 1110 g/mol. The lowest BCUT2D eigenvalue weighted by Crippen LogP contribution is -2.26. The summed E-state index contributed by atoms with van der Waals surface area (Å²) in [5.74, 6) is 0.643. The Morgan fingerprint density at radius 2 is 0.641 bits per heavy atom. The van der Waals surface area contributed by atoms with Crippen LogP contribution in [0.3, 0.4) is 0 Å². The number of unbranched alkanes of at least 4 members (excludes halogenated alkanes) is 20. The zero-order chi connectivity index (χ0) is 63.3. The highest BCUT2D eigenvalue weighted by atomic mass is 14.9. The molecule has 12 rings (SSSR count). The SMILES string of the molecule is CCCCCCCCC1(CCCCCCCC)c2cc(C)ccc2-c2ccc(-c3cc(-c4ccc5c(c4)C(CCCCCCCC)(CCCCCCCC)c4cc(-c6ccc(-c7ccc(C)cc7)cc6)ccc4-5)nc(-c4ccc5ccc6cccnc6c5n4)n3)cc21. The van der Waals surface area contributed by atoms with Crippen LogP contribution in [0.25, 0.3) is 100 Å². The van der Waals surface area contributed by atoms with Crippen molar-refractivity contribution in [2.24, 2.45) is 0 Å². The van der Waals surface area contributed by atoms with E-state index in [4.69, 9.17) is 19.9 Å². The van der Waals surface area contributed by atoms with Crippen molar-refractivity contribution in [1.29, 1.82) is 0 Å². The molecule has 0 fully saturated rings. The molecule has 4 nitrogen and oxygen atoms in total. The lowest BCUT2D eigenvalue weighted by Gasteiger charge is -2.33. The summed E-state index contributed by atoms with van der Waals surface area (Å²) in [5.41, 5.74) is 25.8. The monoisotopic (exact) mass is 1210 g/mol. The maximum absolute atomic E-state index is 5.69. The van der Waals surface area contributed by atoms with E-state index in [0.29, 0.717) is 5.82 Å². The molecule has 0 atom stereocenters. The molecule has 0 spiro atoms. The van der Waals surface area contributed by atoms with E-state index in [1.807, 2.05) is 12.3 Å². The van der Waals surface area contributed by atoms with Crippen LogP contribution in [0.5, 0.6) is 0 Å². The molecule has 3 heterocycles. The van der Waals surface area contributed by atoms with E-state index in [0.717, 1.165) is 62.9 Å². The third-order valence-electron chi connectivity index (χ3n) is 21.3. The van der Waals surface area contributed by atoms with Gasteiger partial charge in [0.1, 0.15) is 5.69 Å². The van der Waals surface area contributed by atoms with E-state index in [1.165, 1.54) is 239 Å². The zero-order valence-electron chi connectivity index (χ0n) is 56.8. The molecule has 0 saturated carbocycles. The Hall–Kier alpha value is -7.56. The molecule has 2 aliphatic carbocycles. The van der Waals surface area contributed by atoms with Crippen LogP contribution >= 0.6 is 0 Å². The highest BCUT2D eigenvalue weighted by molar-refractivity contribution is 6.03. The van der Waals surface area contributed by atoms with Gasteiger partial charge in [-0.2, -0.15) is 0 Å². The predicted octanol–water partition coefficient (Wildman–Crippen LogP) is 26.1. The molecule has 2 aliphatic rings. The van der Waals surface area contributed by atoms with Crippen LogP contribution in [0.1, 0.15) is 241 Å². The second-order valence-corrected chi connectivity index (χ2v) is 27.9. The van der Waals surface area contributed by atoms with Crippen molar-refractivity contribution in [3.63, 3.8) is 0 Å². The van der Waals surface area contributed by atoms with Crippen LogP contribution in [-0.2, 0) is 10.8 Å². The summed E-state index contributed by atoms with van der Waals surface area (Å²) in [7, 11) is 0. The quantitative estimate of drug-likeness (QED) is 0.0304. The van der Waals surface area contributed by atoms with Gasteiger partial charge >= 0.3 is 0 Å². The summed E-state index contributed by atoms with van der Waals surface area (Å²) in [6, 6.07) is 63.0. The maximum Gasteiger partial charge on any atom is 0.179 e. The van der Waals surface area contributed by atoms with E-state index < -0.39 is 0 Å². The number of hydrogen-bond acceptors (Lipinski definition) is 4. The first kappa shape index (κ1) is 64.5. The highest BCUT2D eigenvalue weighted by Crippen LogP contribution is 2.58. The van der Waals surface area contributed by atoms with Gasteiger partial charge in [-0.1, -0.05) is 320 Å². The van der Waals surface area contributed by atoms with Gasteiger partial charge in [-0.05, 0) is 143 Å². The van der Waals surface area contributed by atoms with Crippen LogP contribution in [0.2, 0.25) is 0 Å². The number of nitrogens with zero attached hydrogens (tertiary/aromatic N) is 4. The topological polar surface area (TPSA) is 51.6 Å². The van der Waals surface area contributed by atoms with Crippen molar-refractivity contribution in [3.8, 4) is 78.5 Å². The second kappa shape index (κ2) is 30.5. The van der Waals surface area contributed by atoms with Crippen molar-refractivity contribution in [2.45, 2.75) is 232 Å². The molecule has 0 bridgehead atoms. The molecule has 0 aliphatic heterocycles. The molecule has 0 amide bonds. The van der Waals surface area contributed by atoms with Gasteiger partial charge in [-0.3, -0.25) is 4.98 Å². The number of benzene rings is 7. The van der Waals surface area contributed by atoms with Crippen LogP contribution in [-0.4, -0.2) is 19.9 Å². The van der Waals surface area contributed by atoms with Crippen LogP contribution in [0, 0.1) is 13.8 Å². The van der Waals surface area contributed by atoms with E-state index in [9.17, 15) is 0 Å². The van der Waals surface area contributed by atoms with Crippen molar-refractivity contribution in [3.05, 3.63) is 203 Å². The third kappa shape index (κ3) is 14.0. The summed E-state index contributed by atoms with van der Waals surface area (Å²) in [6.07, 6.45) is 37.3. The summed E-state index contributed by atoms with van der Waals surface area (Å²) < 4.78 is 0. The van der Waals surface area contributed by atoms with Gasteiger partial charge < -0.3 is 0 Å². The minimum atomic E-state index is -0.149. The van der Waals surface area contributed by atoms with Crippen molar-refractivity contribution < 1.29 is 0 Å². The Kier molecular flexibility index (Phi) is 21.4. The van der Waals surface area contributed by atoms with E-state index >= 15 is 0 Å². The van der Waals surface area contributed by atoms with Gasteiger partial charge in [0.15, 0.2) is 5.82 Å². The van der Waals surface area contributed by atoms with Gasteiger partial charge in [0.25, 0.3) is 0 Å². The summed E-state index contributed by atoms with van der Waals surface area (Å²) in [4.78, 5) is 21.8. The minimum Gasteiger partial charge on any atom is -0.254 e. The van der Waals surface area contributed by atoms with Crippen LogP contribution < -0.4 is 0 Å². The molecular formula is C88H102N4. The van der Waals surface area contributed by atoms with Gasteiger partial charge in [0, 0.05) is 38.9 Å². The number of rotatable bonds is 33. The Labute approximate surface area is 552 Å². The number of hydrogen-bond donors (Lipinski definition) is 0. The number of aryl methyl sites for hydroxylation is 2. The Balaban J connectivity index is 1.00. The first-order valence-electron chi connectivity index (χ1n) is 36.5. The first-order valence-corrected chi connectivity index (χ1v) is 36.5. The maximum atomic E-state index is 5.69. The van der Waals surface area contributed by atoms with Gasteiger partial charge in [-0.25, -0.2) is 15.0 Å². The van der Waals surface area contributed by atoms with Gasteiger partial charge in [0.2, 0.25) is 0 Å². The number of pyridine rings is 2. The Bertz CT molecular complexity index is 4060. The van der Waals surface area contributed by atoms with Crippen molar-refractivity contribution in [1.82, 2.24) is 19.9 Å². The molecule has 3 aromatic heterocycles. The number of aromatic nitrogens is 4. The molecule has 474 valence electrons. The molecule has 7 aromatic carbocycles. The first-order chi connectivity index (χ1) is 45.2. The fourth-order valence-corrected chi connectivity index (χ4v) is 16.1. The molecule has 10 aromatic rings. The van der Waals surface area contributed by atoms with E-state index in [-0.39, 0.29) is 10.8 Å². The fraction of sp³-hybridized carbons (Fsp3) is 0.409. The highest BCUT2D eigenvalue weighted by Gasteiger charge is 2.44. The molecule has 0 radical (unpaired) electrons. The zero-order valence-corrected chi connectivity index (χ0v) is 56.8. The number of fused-ring (bicyclic) bond motifs is 9. The molecule has 92 heavy (non-hydrogen) atoms. The predicted molar refractivity (Wildman–Crippen MR) is 394 cm³/mol. The summed E-state index contributed by atoms with van der Waals surface area (Å²) in [6.45, 7) is 13.8. The second-order valence-electron chi connectivity index (χ2n) is 27.9. The Morgan fingerprint density at radius 1 is 0.283 bits per heavy atom. The molecule has 0 unspecified atom stereocenters. The lowest BCUT2D eigenvalue weighted by molar-refractivity contribution is 0.398. The summed E-state index contributed by atoms with van der Waals surface area (Å²) >= 11 is 0. The van der Waals surface area contributed by atoms with E-state index in [2.05, 4.69) is 199 Å². The van der Waals surface area contributed by atoms with E-state index in [1.54, 1.807) is 5.56 Å². The minimum absolute atomic E-state index is 0.0656. The molecule has 0 N–H and O–H groups in total. The van der Waals surface area contributed by atoms with Crippen molar-refractivity contribution in [2.75, 3.05) is 0 Å². The fourth-order valence-electron chi connectivity index (χ4n) is 16.1. The largest absolute Gasteiger partial charge is 0.254 e. The average molecular weight is 1220 g/mol. The average Bonchev–Trinajstić information content (AvgIpc) is 1.57.